The fourth-order valence-electron chi connectivity index (χ4n) is 3.66. The number of rotatable bonds is 4. The maximum absolute atomic E-state index is 13.6. The molecule has 1 aliphatic heterocycles. The van der Waals surface area contributed by atoms with E-state index in [-0.39, 0.29) is 11.2 Å². The van der Waals surface area contributed by atoms with Crippen LogP contribution in [0.5, 0.6) is 0 Å². The normalized spacial score (nSPS) is 19.6. The molecule has 0 bridgehead atoms. The number of aryl methyl sites for hydroxylation is 1. The molecule has 2 unspecified atom stereocenters. The topological polar surface area (TPSA) is 15.3 Å². The van der Waals surface area contributed by atoms with Gasteiger partial charge < -0.3 is 10.2 Å². The van der Waals surface area contributed by atoms with Crippen LogP contribution in [-0.4, -0.2) is 22.3 Å². The maximum atomic E-state index is 13.6. The van der Waals surface area contributed by atoms with Crippen molar-refractivity contribution in [1.29, 1.82) is 0 Å². The van der Waals surface area contributed by atoms with E-state index in [0.717, 1.165) is 30.2 Å². The van der Waals surface area contributed by atoms with Crippen LogP contribution in [0.25, 0.3) is 0 Å². The summed E-state index contributed by atoms with van der Waals surface area (Å²) >= 11 is 7.33. The highest BCUT2D eigenvalue weighted by atomic mass is 32.2. The first kappa shape index (κ1) is 22.9. The molecule has 1 aliphatic rings. The number of hydrogen-bond acceptors (Lipinski definition) is 2. The van der Waals surface area contributed by atoms with Gasteiger partial charge in [0.15, 0.2) is 5.11 Å². The van der Waals surface area contributed by atoms with Gasteiger partial charge >= 0.3 is 6.18 Å². The lowest BCUT2D eigenvalue weighted by Gasteiger charge is -2.41. The van der Waals surface area contributed by atoms with E-state index in [1.165, 1.54) is 18.2 Å². The number of nitrogens with one attached hydrogen (secondary N) is 1. The molecule has 30 heavy (non-hydrogen) atoms. The first-order valence-corrected chi connectivity index (χ1v) is 11.3. The summed E-state index contributed by atoms with van der Waals surface area (Å²) in [5.41, 5.74) is 1.28. The van der Waals surface area contributed by atoms with Gasteiger partial charge in [-0.25, -0.2) is 4.39 Å². The Morgan fingerprint density at radius 2 is 2.00 bits per heavy atom. The largest absolute Gasteiger partial charge is 0.416 e. The van der Waals surface area contributed by atoms with Gasteiger partial charge in [0.25, 0.3) is 0 Å². The lowest BCUT2D eigenvalue weighted by molar-refractivity contribution is -0.137. The zero-order valence-electron chi connectivity index (χ0n) is 16.8. The Hall–Kier alpha value is -1.80. The van der Waals surface area contributed by atoms with Gasteiger partial charge in [-0.2, -0.15) is 13.2 Å². The predicted molar refractivity (Wildman–Crippen MR) is 119 cm³/mol. The molecule has 0 aliphatic carbocycles. The van der Waals surface area contributed by atoms with Gasteiger partial charge in [0.05, 0.1) is 5.56 Å². The van der Waals surface area contributed by atoms with Crippen LogP contribution < -0.4 is 5.32 Å². The minimum atomic E-state index is -4.37. The molecule has 1 saturated heterocycles. The van der Waals surface area contributed by atoms with Crippen molar-refractivity contribution < 1.29 is 17.6 Å². The molecule has 0 amide bonds. The van der Waals surface area contributed by atoms with E-state index in [4.69, 9.17) is 12.2 Å². The van der Waals surface area contributed by atoms with Crippen LogP contribution in [0.1, 0.15) is 41.8 Å². The van der Waals surface area contributed by atoms with Gasteiger partial charge in [0, 0.05) is 18.0 Å². The van der Waals surface area contributed by atoms with Crippen LogP contribution in [0, 0.1) is 18.7 Å². The van der Waals surface area contributed by atoms with E-state index in [1.54, 1.807) is 36.9 Å². The second-order valence-electron chi connectivity index (χ2n) is 7.50. The average Bonchev–Trinajstić information content (AvgIpc) is 2.67. The third kappa shape index (κ3) is 5.46. The summed E-state index contributed by atoms with van der Waals surface area (Å²) in [5.74, 6) is 0.978. The van der Waals surface area contributed by atoms with E-state index in [0.29, 0.717) is 28.8 Å². The Balaban J connectivity index is 1.88. The van der Waals surface area contributed by atoms with Crippen LogP contribution in [0.4, 0.5) is 23.2 Å². The Labute approximate surface area is 184 Å². The number of halogens is 4. The third-order valence-electron chi connectivity index (χ3n) is 5.12. The number of benzene rings is 2. The summed E-state index contributed by atoms with van der Waals surface area (Å²) < 4.78 is 52.8. The molecule has 0 saturated carbocycles. The van der Waals surface area contributed by atoms with Crippen molar-refractivity contribution in [2.45, 2.75) is 38.2 Å². The highest BCUT2D eigenvalue weighted by molar-refractivity contribution is 7.99. The second-order valence-corrected chi connectivity index (χ2v) is 9.00. The molecule has 1 fully saturated rings. The highest BCUT2D eigenvalue weighted by Gasteiger charge is 2.34. The van der Waals surface area contributed by atoms with Crippen molar-refractivity contribution in [1.82, 2.24) is 4.90 Å². The summed E-state index contributed by atoms with van der Waals surface area (Å²) in [5, 5.41) is 3.34. The summed E-state index contributed by atoms with van der Waals surface area (Å²) in [6.45, 7) is 4.53. The number of hydrogen-bond donors (Lipinski definition) is 1. The Kier molecular flexibility index (Phi) is 7.29. The third-order valence-corrected chi connectivity index (χ3v) is 6.95. The van der Waals surface area contributed by atoms with Crippen molar-refractivity contribution >= 4 is 34.8 Å². The van der Waals surface area contributed by atoms with Crippen molar-refractivity contribution in [3.8, 4) is 0 Å². The van der Waals surface area contributed by atoms with E-state index in [9.17, 15) is 17.6 Å². The molecule has 0 aromatic heterocycles. The van der Waals surface area contributed by atoms with Crippen LogP contribution in [0.15, 0.2) is 42.5 Å². The first-order chi connectivity index (χ1) is 14.2. The molecule has 1 heterocycles. The van der Waals surface area contributed by atoms with Gasteiger partial charge in [-0.15, -0.1) is 11.8 Å². The van der Waals surface area contributed by atoms with Crippen molar-refractivity contribution in [2.75, 3.05) is 17.6 Å². The molecule has 3 rings (SSSR count). The quantitative estimate of drug-likeness (QED) is 0.393. The first-order valence-electron chi connectivity index (χ1n) is 9.81. The van der Waals surface area contributed by atoms with Crippen LogP contribution in [-0.2, 0) is 6.18 Å². The van der Waals surface area contributed by atoms with Crippen LogP contribution in [0.2, 0.25) is 0 Å². The summed E-state index contributed by atoms with van der Waals surface area (Å²) in [7, 11) is 0. The molecular weight excluding hydrogens is 432 g/mol. The molecule has 0 radical (unpaired) electrons. The summed E-state index contributed by atoms with van der Waals surface area (Å²) in [4.78, 5) is 2.02. The van der Waals surface area contributed by atoms with Crippen molar-refractivity contribution in [2.24, 2.45) is 5.92 Å². The SMILES string of the molecule is CCCC1CSC(c2ccc(C(F)(F)F)cc2C)N(C(=S)Nc2cccc(F)c2)C1. The number of alkyl halides is 3. The van der Waals surface area contributed by atoms with E-state index >= 15 is 0 Å². The molecule has 1 N–H and O–H groups in total. The molecule has 2 nitrogen and oxygen atoms in total. The van der Waals surface area contributed by atoms with Crippen LogP contribution >= 0.6 is 24.0 Å². The minimum absolute atomic E-state index is 0.200. The zero-order chi connectivity index (χ0) is 21.9. The van der Waals surface area contributed by atoms with Gasteiger partial charge in [-0.3, -0.25) is 0 Å². The number of thioether (sulfide) groups is 1. The fourth-order valence-corrected chi connectivity index (χ4v) is 5.57. The smallest absolute Gasteiger partial charge is 0.333 e. The lowest BCUT2D eigenvalue weighted by Crippen LogP contribution is -2.44. The van der Waals surface area contributed by atoms with Crippen LogP contribution in [0.3, 0.4) is 0 Å². The highest BCUT2D eigenvalue weighted by Crippen LogP contribution is 2.42. The number of anilines is 1. The van der Waals surface area contributed by atoms with Gasteiger partial charge in [0.1, 0.15) is 11.2 Å². The van der Waals surface area contributed by atoms with E-state index in [1.807, 2.05) is 4.90 Å². The van der Waals surface area contributed by atoms with E-state index < -0.39 is 11.7 Å². The second kappa shape index (κ2) is 9.56. The van der Waals surface area contributed by atoms with Gasteiger partial charge in [-0.1, -0.05) is 25.5 Å². The molecule has 2 aromatic carbocycles. The van der Waals surface area contributed by atoms with Gasteiger partial charge in [-0.05, 0) is 72.9 Å². The standard InChI is InChI=1S/C22H24F4N2S2/c1-3-5-15-12-28(21(29)27-18-7-4-6-17(23)11-18)20(30-13-15)19-9-8-16(10-14(19)2)22(24,25)26/h4,6-11,15,20H,3,5,12-13H2,1-2H3,(H,27,29). The molecule has 2 aromatic rings. The average molecular weight is 457 g/mol. The zero-order valence-corrected chi connectivity index (χ0v) is 18.4. The minimum Gasteiger partial charge on any atom is -0.333 e. The molecule has 8 heteroatoms. The molecule has 2 atom stereocenters. The Morgan fingerprint density at radius 3 is 2.63 bits per heavy atom. The molecule has 0 spiro atoms. The maximum Gasteiger partial charge on any atom is 0.416 e. The van der Waals surface area contributed by atoms with Crippen molar-refractivity contribution in [3.05, 3.63) is 65.0 Å². The predicted octanol–water partition coefficient (Wildman–Crippen LogP) is 7.01. The van der Waals surface area contributed by atoms with Crippen molar-refractivity contribution in [3.63, 3.8) is 0 Å². The number of nitrogens with zero attached hydrogens (tertiary/aromatic N) is 1. The monoisotopic (exact) mass is 456 g/mol. The molecule has 162 valence electrons. The van der Waals surface area contributed by atoms with Gasteiger partial charge in [0.2, 0.25) is 0 Å². The number of thiocarbonyl (C=S) groups is 1. The lowest BCUT2D eigenvalue weighted by atomic mass is 10.0. The summed E-state index contributed by atoms with van der Waals surface area (Å²) in [6.07, 6.45) is -2.28. The fraction of sp³-hybridized carbons (Fsp3) is 0.409. The Morgan fingerprint density at radius 1 is 1.23 bits per heavy atom. The summed E-state index contributed by atoms with van der Waals surface area (Å²) in [6, 6.07) is 9.92. The Bertz CT molecular complexity index is 901. The van der Waals surface area contributed by atoms with E-state index in [2.05, 4.69) is 12.2 Å². The molecular formula is C22H24F4N2S2.